The third-order valence-corrected chi connectivity index (χ3v) is 3.16. The molecule has 6 nitrogen and oxygen atoms in total. The van der Waals surface area contributed by atoms with Crippen molar-refractivity contribution in [3.63, 3.8) is 0 Å². The standard InChI is InChI=1S/C11H16N2O4S/c1-13(2)11(14)7-8-17-9-3-5-10(6-4-9)18(12,15)16/h3-6H,7-8H2,1-2H3,(H2,12,15,16). The van der Waals surface area contributed by atoms with E-state index in [2.05, 4.69) is 0 Å². The highest BCUT2D eigenvalue weighted by Gasteiger charge is 2.07. The third-order valence-electron chi connectivity index (χ3n) is 2.24. The number of hydrogen-bond acceptors (Lipinski definition) is 4. The van der Waals surface area contributed by atoms with Crippen molar-refractivity contribution < 1.29 is 17.9 Å². The van der Waals surface area contributed by atoms with Crippen LogP contribution in [0.1, 0.15) is 6.42 Å². The highest BCUT2D eigenvalue weighted by atomic mass is 32.2. The van der Waals surface area contributed by atoms with Crippen LogP contribution >= 0.6 is 0 Å². The minimum atomic E-state index is -3.68. The first-order valence-electron chi connectivity index (χ1n) is 5.26. The van der Waals surface area contributed by atoms with Crippen molar-refractivity contribution in [1.82, 2.24) is 4.90 Å². The van der Waals surface area contributed by atoms with Gasteiger partial charge in [0.05, 0.1) is 17.9 Å². The average Bonchev–Trinajstić information content (AvgIpc) is 2.28. The second-order valence-electron chi connectivity index (χ2n) is 3.90. The van der Waals surface area contributed by atoms with Crippen LogP contribution in [0.3, 0.4) is 0 Å². The van der Waals surface area contributed by atoms with Gasteiger partial charge < -0.3 is 9.64 Å². The maximum atomic E-state index is 11.3. The maximum Gasteiger partial charge on any atom is 0.238 e. The summed E-state index contributed by atoms with van der Waals surface area (Å²) in [7, 11) is -0.341. The summed E-state index contributed by atoms with van der Waals surface area (Å²) in [6, 6.07) is 5.72. The van der Waals surface area contributed by atoms with Crippen molar-refractivity contribution in [3.8, 4) is 5.75 Å². The van der Waals surface area contributed by atoms with Gasteiger partial charge in [-0.1, -0.05) is 0 Å². The van der Waals surface area contributed by atoms with E-state index in [1.165, 1.54) is 29.2 Å². The summed E-state index contributed by atoms with van der Waals surface area (Å²) in [5, 5.41) is 4.96. The molecule has 0 bridgehead atoms. The number of nitrogens with zero attached hydrogens (tertiary/aromatic N) is 1. The Hall–Kier alpha value is -1.60. The summed E-state index contributed by atoms with van der Waals surface area (Å²) >= 11 is 0. The van der Waals surface area contributed by atoms with Crippen LogP contribution in [0.25, 0.3) is 0 Å². The molecule has 1 rings (SSSR count). The lowest BCUT2D eigenvalue weighted by molar-refractivity contribution is -0.129. The molecule has 100 valence electrons. The minimum Gasteiger partial charge on any atom is -0.493 e. The molecule has 0 atom stereocenters. The second kappa shape index (κ2) is 5.83. The van der Waals surface area contributed by atoms with E-state index in [-0.39, 0.29) is 23.8 Å². The molecule has 0 saturated heterocycles. The summed E-state index contributed by atoms with van der Waals surface area (Å²) in [4.78, 5) is 12.8. The Labute approximate surface area is 106 Å². The number of sulfonamides is 1. The molecule has 18 heavy (non-hydrogen) atoms. The lowest BCUT2D eigenvalue weighted by atomic mass is 10.3. The largest absolute Gasteiger partial charge is 0.493 e. The van der Waals surface area contributed by atoms with E-state index in [0.29, 0.717) is 5.75 Å². The zero-order chi connectivity index (χ0) is 13.8. The van der Waals surface area contributed by atoms with E-state index in [1.807, 2.05) is 0 Å². The maximum absolute atomic E-state index is 11.3. The number of benzene rings is 1. The van der Waals surface area contributed by atoms with Crippen LogP contribution in [0.4, 0.5) is 0 Å². The Morgan fingerprint density at radius 2 is 1.83 bits per heavy atom. The molecule has 1 aromatic carbocycles. The Morgan fingerprint density at radius 1 is 1.28 bits per heavy atom. The number of ether oxygens (including phenoxy) is 1. The minimum absolute atomic E-state index is 0.0271. The van der Waals surface area contributed by atoms with E-state index < -0.39 is 10.0 Å². The van der Waals surface area contributed by atoms with E-state index in [0.717, 1.165) is 0 Å². The molecule has 0 heterocycles. The van der Waals surface area contributed by atoms with Crippen LogP contribution in [0.15, 0.2) is 29.2 Å². The van der Waals surface area contributed by atoms with Crippen LogP contribution in [-0.2, 0) is 14.8 Å². The number of primary sulfonamides is 1. The van der Waals surface area contributed by atoms with E-state index in [9.17, 15) is 13.2 Å². The summed E-state index contributed by atoms with van der Waals surface area (Å²) in [6.07, 6.45) is 0.268. The molecule has 0 radical (unpaired) electrons. The lowest BCUT2D eigenvalue weighted by Crippen LogP contribution is -2.23. The first kappa shape index (κ1) is 14.5. The zero-order valence-electron chi connectivity index (χ0n) is 10.3. The first-order valence-corrected chi connectivity index (χ1v) is 6.81. The van der Waals surface area contributed by atoms with Crippen molar-refractivity contribution in [1.29, 1.82) is 0 Å². The van der Waals surface area contributed by atoms with Crippen molar-refractivity contribution >= 4 is 15.9 Å². The van der Waals surface area contributed by atoms with Crippen LogP contribution in [-0.4, -0.2) is 39.9 Å². The lowest BCUT2D eigenvalue weighted by Gasteiger charge is -2.11. The molecule has 0 aromatic heterocycles. The van der Waals surface area contributed by atoms with Crippen LogP contribution < -0.4 is 9.88 Å². The van der Waals surface area contributed by atoms with Gasteiger partial charge >= 0.3 is 0 Å². The summed E-state index contributed by atoms with van der Waals surface area (Å²) in [5.74, 6) is 0.463. The molecule has 0 aliphatic carbocycles. The number of nitrogens with two attached hydrogens (primary N) is 1. The Morgan fingerprint density at radius 3 is 2.28 bits per heavy atom. The number of carbonyl (C=O) groups is 1. The van der Waals surface area contributed by atoms with Gasteiger partial charge in [0.1, 0.15) is 5.75 Å². The van der Waals surface area contributed by atoms with Crippen molar-refractivity contribution in [3.05, 3.63) is 24.3 Å². The summed E-state index contributed by atoms with van der Waals surface area (Å²) < 4.78 is 27.3. The van der Waals surface area contributed by atoms with E-state index in [1.54, 1.807) is 14.1 Å². The second-order valence-corrected chi connectivity index (χ2v) is 5.46. The van der Waals surface area contributed by atoms with Crippen LogP contribution in [0.5, 0.6) is 5.75 Å². The zero-order valence-corrected chi connectivity index (χ0v) is 11.1. The fraction of sp³-hybridized carbons (Fsp3) is 0.364. The predicted molar refractivity (Wildman–Crippen MR) is 66.6 cm³/mol. The quantitative estimate of drug-likeness (QED) is 0.828. The average molecular weight is 272 g/mol. The molecule has 7 heteroatoms. The van der Waals surface area contributed by atoms with Gasteiger partial charge in [-0.2, -0.15) is 0 Å². The van der Waals surface area contributed by atoms with Crippen molar-refractivity contribution in [2.75, 3.05) is 20.7 Å². The van der Waals surface area contributed by atoms with Gasteiger partial charge in [0.15, 0.2) is 0 Å². The summed E-state index contributed by atoms with van der Waals surface area (Å²) in [5.41, 5.74) is 0. The number of carbonyl (C=O) groups excluding carboxylic acids is 1. The molecule has 0 fully saturated rings. The van der Waals surface area contributed by atoms with E-state index >= 15 is 0 Å². The molecule has 1 amide bonds. The molecule has 2 N–H and O–H groups in total. The Bertz CT molecular complexity index is 508. The molecule has 0 aliphatic heterocycles. The summed E-state index contributed by atoms with van der Waals surface area (Å²) in [6.45, 7) is 0.242. The molecule has 0 saturated carbocycles. The molecule has 0 unspecified atom stereocenters. The third kappa shape index (κ3) is 4.34. The van der Waals surface area contributed by atoms with Crippen molar-refractivity contribution in [2.24, 2.45) is 5.14 Å². The fourth-order valence-electron chi connectivity index (χ4n) is 1.21. The van der Waals surface area contributed by atoms with Crippen LogP contribution in [0, 0.1) is 0 Å². The smallest absolute Gasteiger partial charge is 0.238 e. The van der Waals surface area contributed by atoms with Gasteiger partial charge in [-0.25, -0.2) is 13.6 Å². The van der Waals surface area contributed by atoms with Crippen molar-refractivity contribution in [2.45, 2.75) is 11.3 Å². The number of amides is 1. The Kier molecular flexibility index (Phi) is 4.69. The van der Waals surface area contributed by atoms with Gasteiger partial charge in [0, 0.05) is 14.1 Å². The fourth-order valence-corrected chi connectivity index (χ4v) is 1.72. The SMILES string of the molecule is CN(C)C(=O)CCOc1ccc(S(N)(=O)=O)cc1. The highest BCUT2D eigenvalue weighted by molar-refractivity contribution is 7.89. The molecular formula is C11H16N2O4S. The predicted octanol–water partition coefficient (Wildman–Crippen LogP) is 0.191. The first-order chi connectivity index (χ1) is 8.30. The van der Waals surface area contributed by atoms with Gasteiger partial charge in [-0.15, -0.1) is 0 Å². The van der Waals surface area contributed by atoms with Gasteiger partial charge in [-0.3, -0.25) is 4.79 Å². The normalized spacial score (nSPS) is 11.1. The highest BCUT2D eigenvalue weighted by Crippen LogP contribution is 2.14. The topological polar surface area (TPSA) is 89.7 Å². The number of rotatable bonds is 5. The van der Waals surface area contributed by atoms with Gasteiger partial charge in [0.2, 0.25) is 15.9 Å². The van der Waals surface area contributed by atoms with Gasteiger partial charge in [-0.05, 0) is 24.3 Å². The molecular weight excluding hydrogens is 256 g/mol. The Balaban J connectivity index is 2.53. The number of hydrogen-bond donors (Lipinski definition) is 1. The molecule has 0 aliphatic rings. The molecule has 0 spiro atoms. The molecule has 1 aromatic rings. The van der Waals surface area contributed by atoms with Gasteiger partial charge in [0.25, 0.3) is 0 Å². The van der Waals surface area contributed by atoms with E-state index in [4.69, 9.17) is 9.88 Å². The van der Waals surface area contributed by atoms with Crippen LogP contribution in [0.2, 0.25) is 0 Å². The monoisotopic (exact) mass is 272 g/mol.